The topological polar surface area (TPSA) is 88.2 Å². The number of amides is 3. The Hall–Kier alpha value is -3.81. The van der Waals surface area contributed by atoms with Gasteiger partial charge < -0.3 is 19.7 Å². The molecule has 0 saturated carbocycles. The number of likely N-dealkylation sites (N-methyl/N-ethyl adjacent to an activating group) is 1. The zero-order valence-corrected chi connectivity index (χ0v) is 19.0. The number of fused-ring (bicyclic) bond motifs is 2. The van der Waals surface area contributed by atoms with E-state index in [9.17, 15) is 14.4 Å². The number of nitrogens with one attached hydrogen (secondary N) is 1. The van der Waals surface area contributed by atoms with Gasteiger partial charge in [-0.15, -0.1) is 0 Å². The number of hydrogen-bond acceptors (Lipinski definition) is 6. The van der Waals surface area contributed by atoms with Crippen LogP contribution >= 0.6 is 0 Å². The summed E-state index contributed by atoms with van der Waals surface area (Å²) in [5.41, 5.74) is 1.86. The highest BCUT2D eigenvalue weighted by molar-refractivity contribution is 6.10. The van der Waals surface area contributed by atoms with Gasteiger partial charge in [0.1, 0.15) is 5.54 Å². The highest BCUT2D eigenvalue weighted by Gasteiger charge is 2.50. The molecule has 1 atom stereocenters. The average molecular weight is 447 g/mol. The highest BCUT2D eigenvalue weighted by atomic mass is 16.7. The number of benzene rings is 2. The second-order valence-corrected chi connectivity index (χ2v) is 9.21. The van der Waals surface area contributed by atoms with Crippen molar-refractivity contribution in [1.82, 2.24) is 10.2 Å². The van der Waals surface area contributed by atoms with E-state index in [0.717, 1.165) is 21.8 Å². The van der Waals surface area contributed by atoms with E-state index >= 15 is 0 Å². The highest BCUT2D eigenvalue weighted by Crippen LogP contribution is 2.46. The summed E-state index contributed by atoms with van der Waals surface area (Å²) < 4.78 is 10.7. The van der Waals surface area contributed by atoms with Crippen LogP contribution in [-0.4, -0.2) is 43.0 Å². The number of imide groups is 1. The summed E-state index contributed by atoms with van der Waals surface area (Å²) in [5.74, 6) is 0.291. The Morgan fingerprint density at radius 1 is 1.09 bits per heavy atom. The zero-order chi connectivity index (χ0) is 23.5. The first kappa shape index (κ1) is 21.1. The largest absolute Gasteiger partial charge is 0.454 e. The third kappa shape index (κ3) is 3.08. The lowest BCUT2D eigenvalue weighted by Crippen LogP contribution is -2.41. The van der Waals surface area contributed by atoms with Crippen molar-refractivity contribution in [3.05, 3.63) is 65.4 Å². The van der Waals surface area contributed by atoms with Crippen molar-refractivity contribution in [1.29, 1.82) is 0 Å². The van der Waals surface area contributed by atoms with Crippen molar-refractivity contribution >= 4 is 23.4 Å². The molecule has 1 fully saturated rings. The first-order valence-corrected chi connectivity index (χ1v) is 10.8. The second-order valence-electron chi connectivity index (χ2n) is 9.21. The number of rotatable bonds is 4. The molecule has 1 N–H and O–H groups in total. The number of ketones is 1. The fraction of sp³-hybridized carbons (Fsp3) is 0.320. The third-order valence-electron chi connectivity index (χ3n) is 6.78. The minimum Gasteiger partial charge on any atom is -0.454 e. The molecule has 0 aromatic heterocycles. The van der Waals surface area contributed by atoms with Gasteiger partial charge in [0, 0.05) is 29.9 Å². The van der Waals surface area contributed by atoms with Crippen LogP contribution in [0.4, 0.5) is 10.5 Å². The van der Waals surface area contributed by atoms with Crippen molar-refractivity contribution in [2.75, 3.05) is 25.3 Å². The second kappa shape index (κ2) is 7.10. The Balaban J connectivity index is 1.38. The van der Waals surface area contributed by atoms with Crippen LogP contribution in [0.5, 0.6) is 11.5 Å². The smallest absolute Gasteiger partial charge is 0.325 e. The summed E-state index contributed by atoms with van der Waals surface area (Å²) in [6, 6.07) is 12.5. The Labute approximate surface area is 191 Å². The molecule has 8 nitrogen and oxygen atoms in total. The summed E-state index contributed by atoms with van der Waals surface area (Å²) in [6.07, 6.45) is 1.54. The lowest BCUT2D eigenvalue weighted by molar-refractivity contribution is -0.133. The Kier molecular flexibility index (Phi) is 4.53. The summed E-state index contributed by atoms with van der Waals surface area (Å²) in [7, 11) is 1.91. The van der Waals surface area contributed by atoms with Crippen LogP contribution in [0.25, 0.3) is 0 Å². The summed E-state index contributed by atoms with van der Waals surface area (Å²) in [5, 5.41) is 2.73. The molecule has 3 amide bonds. The standard InChI is InChI=1S/C25H25N3O5/c1-24(2)17-7-5-6-8-18(17)27(4)21(24)12-16(29)13-28-22(30)25(3,26-23(28)31)15-9-10-19-20(11-15)33-14-32-19/h5-12H,13-14H2,1-4H3,(H,26,31)/b21-12-/t25-/m0/s1. The molecule has 5 rings (SSSR count). The Morgan fingerprint density at radius 2 is 1.82 bits per heavy atom. The number of hydrogen-bond donors (Lipinski definition) is 1. The molecule has 0 aliphatic carbocycles. The van der Waals surface area contributed by atoms with Crippen molar-refractivity contribution in [3.8, 4) is 11.5 Å². The molecule has 8 heteroatoms. The van der Waals surface area contributed by atoms with Crippen molar-refractivity contribution in [2.24, 2.45) is 0 Å². The van der Waals surface area contributed by atoms with Gasteiger partial charge in [-0.25, -0.2) is 4.79 Å². The number of urea groups is 1. The van der Waals surface area contributed by atoms with E-state index in [2.05, 4.69) is 19.2 Å². The minimum absolute atomic E-state index is 0.111. The van der Waals surface area contributed by atoms with Gasteiger partial charge in [-0.05, 0) is 36.2 Å². The van der Waals surface area contributed by atoms with Crippen molar-refractivity contribution in [2.45, 2.75) is 31.7 Å². The van der Waals surface area contributed by atoms with Crippen LogP contribution < -0.4 is 19.7 Å². The van der Waals surface area contributed by atoms with E-state index in [-0.39, 0.29) is 24.5 Å². The molecule has 0 bridgehead atoms. The van der Waals surface area contributed by atoms with Gasteiger partial charge in [-0.2, -0.15) is 0 Å². The maximum atomic E-state index is 13.3. The van der Waals surface area contributed by atoms with Crippen LogP contribution in [0.15, 0.2) is 54.2 Å². The first-order valence-electron chi connectivity index (χ1n) is 10.8. The van der Waals surface area contributed by atoms with Gasteiger partial charge in [0.05, 0.1) is 6.54 Å². The number of ether oxygens (including phenoxy) is 2. The summed E-state index contributed by atoms with van der Waals surface area (Å²) in [6.45, 7) is 5.50. The fourth-order valence-corrected chi connectivity index (χ4v) is 4.86. The molecule has 2 aromatic carbocycles. The van der Waals surface area contributed by atoms with Crippen LogP contribution in [0.1, 0.15) is 31.9 Å². The SMILES string of the molecule is CN1/C(=C\C(=O)CN2C(=O)N[C@@](C)(c3ccc4c(c3)OCO4)C2=O)C(C)(C)c2ccccc21. The van der Waals surface area contributed by atoms with E-state index in [1.165, 1.54) is 6.08 Å². The average Bonchev–Trinajstić information content (AvgIpc) is 3.40. The molecular weight excluding hydrogens is 422 g/mol. The van der Waals surface area contributed by atoms with Gasteiger partial charge >= 0.3 is 6.03 Å². The Bertz CT molecular complexity index is 1230. The number of carbonyl (C=O) groups excluding carboxylic acids is 3. The number of para-hydroxylation sites is 1. The lowest BCUT2D eigenvalue weighted by atomic mass is 9.83. The number of carbonyl (C=O) groups is 3. The summed E-state index contributed by atoms with van der Waals surface area (Å²) in [4.78, 5) is 41.9. The first-order chi connectivity index (χ1) is 15.6. The molecule has 170 valence electrons. The molecule has 0 unspecified atom stereocenters. The predicted octanol–water partition coefficient (Wildman–Crippen LogP) is 3.06. The van der Waals surface area contributed by atoms with Gasteiger partial charge in [0.2, 0.25) is 6.79 Å². The van der Waals surface area contributed by atoms with E-state index in [1.807, 2.05) is 36.2 Å². The third-order valence-corrected chi connectivity index (χ3v) is 6.78. The van der Waals surface area contributed by atoms with E-state index in [1.54, 1.807) is 25.1 Å². The van der Waals surface area contributed by atoms with Crippen molar-refractivity contribution in [3.63, 3.8) is 0 Å². The maximum absolute atomic E-state index is 13.3. The normalized spacial score (nSPS) is 23.8. The van der Waals surface area contributed by atoms with Gasteiger partial charge in [-0.3, -0.25) is 14.5 Å². The van der Waals surface area contributed by atoms with Gasteiger partial charge in [0.15, 0.2) is 17.3 Å². The molecule has 0 spiro atoms. The fourth-order valence-electron chi connectivity index (χ4n) is 4.86. The molecule has 0 radical (unpaired) electrons. The maximum Gasteiger partial charge on any atom is 0.325 e. The monoisotopic (exact) mass is 447 g/mol. The minimum atomic E-state index is -1.30. The van der Waals surface area contributed by atoms with Crippen LogP contribution in [0.3, 0.4) is 0 Å². The molecule has 2 aromatic rings. The molecular formula is C25H25N3O5. The molecule has 33 heavy (non-hydrogen) atoms. The van der Waals surface area contributed by atoms with Crippen molar-refractivity contribution < 1.29 is 23.9 Å². The van der Waals surface area contributed by atoms with Crippen LogP contribution in [-0.2, 0) is 20.5 Å². The van der Waals surface area contributed by atoms with Gasteiger partial charge in [0.25, 0.3) is 5.91 Å². The quantitative estimate of drug-likeness (QED) is 0.573. The molecule has 1 saturated heterocycles. The molecule has 3 aliphatic rings. The molecule has 3 aliphatic heterocycles. The van der Waals surface area contributed by atoms with Crippen LogP contribution in [0.2, 0.25) is 0 Å². The summed E-state index contributed by atoms with van der Waals surface area (Å²) >= 11 is 0. The van der Waals surface area contributed by atoms with E-state index in [0.29, 0.717) is 17.1 Å². The lowest BCUT2D eigenvalue weighted by Gasteiger charge is -2.24. The number of nitrogens with zero attached hydrogens (tertiary/aromatic N) is 2. The number of anilines is 1. The number of allylic oxidation sites excluding steroid dienone is 1. The van der Waals surface area contributed by atoms with E-state index < -0.39 is 17.5 Å². The Morgan fingerprint density at radius 3 is 2.58 bits per heavy atom. The predicted molar refractivity (Wildman–Crippen MR) is 121 cm³/mol. The van der Waals surface area contributed by atoms with Gasteiger partial charge in [-0.1, -0.05) is 38.1 Å². The molecule has 3 heterocycles. The van der Waals surface area contributed by atoms with Crippen LogP contribution in [0, 0.1) is 0 Å². The zero-order valence-electron chi connectivity index (χ0n) is 19.0. The van der Waals surface area contributed by atoms with E-state index in [4.69, 9.17) is 9.47 Å².